The van der Waals surface area contributed by atoms with Gasteiger partial charge in [0.05, 0.1) is 22.7 Å². The quantitative estimate of drug-likeness (QED) is 0.534. The highest BCUT2D eigenvalue weighted by molar-refractivity contribution is 7.20. The molecule has 5 nitrogen and oxygen atoms in total. The zero-order chi connectivity index (χ0) is 18.8. The molecule has 0 atom stereocenters. The van der Waals surface area contributed by atoms with E-state index in [1.54, 1.807) is 18.2 Å². The van der Waals surface area contributed by atoms with Crippen molar-refractivity contribution >= 4 is 62.2 Å². The van der Waals surface area contributed by atoms with E-state index in [0.29, 0.717) is 37.9 Å². The average molecular weight is 410 g/mol. The van der Waals surface area contributed by atoms with Crippen LogP contribution in [0, 0.1) is 12.8 Å². The Kier molecular flexibility index (Phi) is 5.65. The van der Waals surface area contributed by atoms with Crippen LogP contribution in [0.1, 0.15) is 29.1 Å². The van der Waals surface area contributed by atoms with Crippen LogP contribution < -0.4 is 5.32 Å². The Hall–Kier alpha value is -1.89. The fourth-order valence-electron chi connectivity index (χ4n) is 2.39. The lowest BCUT2D eigenvalue weighted by Crippen LogP contribution is -2.09. The standard InChI is InChI=1S/C18H17Cl2N3O2S/c1-9(2)7-25-18(24)15-10(3)14-16(21-8-22-17(14)26-15)23-13-5-4-11(19)6-12(13)20/h4-6,8-9H,7H2,1-3H3,(H,21,22,23). The fourth-order valence-corrected chi connectivity index (χ4v) is 3.89. The summed E-state index contributed by atoms with van der Waals surface area (Å²) < 4.78 is 5.36. The number of thiophene rings is 1. The van der Waals surface area contributed by atoms with Crippen molar-refractivity contribution in [1.82, 2.24) is 9.97 Å². The first kappa shape index (κ1) is 18.9. The number of rotatable bonds is 5. The Balaban J connectivity index is 1.98. The summed E-state index contributed by atoms with van der Waals surface area (Å²) in [6.07, 6.45) is 1.45. The van der Waals surface area contributed by atoms with Crippen molar-refractivity contribution in [1.29, 1.82) is 0 Å². The van der Waals surface area contributed by atoms with Gasteiger partial charge in [-0.15, -0.1) is 11.3 Å². The molecule has 1 aromatic carbocycles. The number of esters is 1. The number of halogens is 2. The molecule has 8 heteroatoms. The highest BCUT2D eigenvalue weighted by Gasteiger charge is 2.21. The molecule has 136 valence electrons. The van der Waals surface area contributed by atoms with Gasteiger partial charge in [-0.2, -0.15) is 0 Å². The third kappa shape index (κ3) is 3.92. The van der Waals surface area contributed by atoms with Gasteiger partial charge in [-0.05, 0) is 36.6 Å². The van der Waals surface area contributed by atoms with E-state index in [2.05, 4.69) is 15.3 Å². The number of aromatic nitrogens is 2. The number of carbonyl (C=O) groups excluding carboxylic acids is 1. The topological polar surface area (TPSA) is 64.1 Å². The van der Waals surface area contributed by atoms with Gasteiger partial charge >= 0.3 is 5.97 Å². The van der Waals surface area contributed by atoms with Crippen molar-refractivity contribution in [3.05, 3.63) is 45.0 Å². The minimum absolute atomic E-state index is 0.276. The van der Waals surface area contributed by atoms with Crippen LogP contribution >= 0.6 is 34.5 Å². The lowest BCUT2D eigenvalue weighted by atomic mass is 10.2. The molecule has 26 heavy (non-hydrogen) atoms. The number of hydrogen-bond acceptors (Lipinski definition) is 6. The number of aryl methyl sites for hydroxylation is 1. The number of hydrogen-bond donors (Lipinski definition) is 1. The maximum atomic E-state index is 12.4. The number of nitrogens with zero attached hydrogens (tertiary/aromatic N) is 2. The summed E-state index contributed by atoms with van der Waals surface area (Å²) in [6.45, 7) is 6.23. The molecular formula is C18H17Cl2N3O2S. The fraction of sp³-hybridized carbons (Fsp3) is 0.278. The highest BCUT2D eigenvalue weighted by Crippen LogP contribution is 2.36. The molecule has 2 heterocycles. The lowest BCUT2D eigenvalue weighted by Gasteiger charge is -2.09. The van der Waals surface area contributed by atoms with E-state index < -0.39 is 0 Å². The summed E-state index contributed by atoms with van der Waals surface area (Å²) in [4.78, 5) is 22.2. The monoisotopic (exact) mass is 409 g/mol. The van der Waals surface area contributed by atoms with E-state index in [4.69, 9.17) is 27.9 Å². The van der Waals surface area contributed by atoms with Crippen molar-refractivity contribution in [2.75, 3.05) is 11.9 Å². The second-order valence-electron chi connectivity index (χ2n) is 6.20. The van der Waals surface area contributed by atoms with E-state index in [0.717, 1.165) is 10.9 Å². The molecule has 0 bridgehead atoms. The SMILES string of the molecule is Cc1c(C(=O)OCC(C)C)sc2ncnc(Nc3ccc(Cl)cc3Cl)c12. The Bertz CT molecular complexity index is 972. The summed E-state index contributed by atoms with van der Waals surface area (Å²) in [5.41, 5.74) is 1.46. The summed E-state index contributed by atoms with van der Waals surface area (Å²) in [5, 5.41) is 5.01. The van der Waals surface area contributed by atoms with Crippen molar-refractivity contribution < 1.29 is 9.53 Å². The predicted molar refractivity (Wildman–Crippen MR) is 107 cm³/mol. The van der Waals surface area contributed by atoms with Gasteiger partial charge in [0.1, 0.15) is 21.9 Å². The van der Waals surface area contributed by atoms with Crippen LogP contribution in [0.2, 0.25) is 10.0 Å². The maximum Gasteiger partial charge on any atom is 0.348 e. The molecule has 0 aliphatic heterocycles. The zero-order valence-electron chi connectivity index (χ0n) is 14.5. The van der Waals surface area contributed by atoms with Crippen LogP contribution in [0.15, 0.2) is 24.5 Å². The number of fused-ring (bicyclic) bond motifs is 1. The number of anilines is 2. The number of benzene rings is 1. The largest absolute Gasteiger partial charge is 0.461 e. The second-order valence-corrected chi connectivity index (χ2v) is 8.04. The highest BCUT2D eigenvalue weighted by atomic mass is 35.5. The summed E-state index contributed by atoms with van der Waals surface area (Å²) in [6, 6.07) is 5.17. The van der Waals surface area contributed by atoms with Crippen LogP contribution in [0.3, 0.4) is 0 Å². The molecule has 0 unspecified atom stereocenters. The van der Waals surface area contributed by atoms with Crippen LogP contribution in [-0.2, 0) is 4.74 Å². The molecule has 3 aromatic rings. The van der Waals surface area contributed by atoms with Gasteiger partial charge in [-0.3, -0.25) is 0 Å². The van der Waals surface area contributed by atoms with E-state index in [-0.39, 0.29) is 11.9 Å². The minimum Gasteiger partial charge on any atom is -0.461 e. The van der Waals surface area contributed by atoms with Crippen LogP contribution in [0.4, 0.5) is 11.5 Å². The molecule has 2 aromatic heterocycles. The summed E-state index contributed by atoms with van der Waals surface area (Å²) in [5.74, 6) is 0.517. The van der Waals surface area contributed by atoms with E-state index in [1.165, 1.54) is 17.7 Å². The molecule has 3 rings (SSSR count). The smallest absolute Gasteiger partial charge is 0.348 e. The molecule has 0 aliphatic carbocycles. The van der Waals surface area contributed by atoms with Crippen molar-refractivity contribution in [2.45, 2.75) is 20.8 Å². The maximum absolute atomic E-state index is 12.4. The van der Waals surface area contributed by atoms with Gasteiger partial charge in [-0.1, -0.05) is 37.0 Å². The molecular weight excluding hydrogens is 393 g/mol. The van der Waals surface area contributed by atoms with Crippen molar-refractivity contribution in [2.24, 2.45) is 5.92 Å². The third-order valence-electron chi connectivity index (χ3n) is 3.64. The molecule has 0 amide bonds. The molecule has 0 fully saturated rings. The minimum atomic E-state index is -0.338. The molecule has 0 saturated heterocycles. The van der Waals surface area contributed by atoms with Gasteiger partial charge in [-0.25, -0.2) is 14.8 Å². The molecule has 1 N–H and O–H groups in total. The first-order valence-electron chi connectivity index (χ1n) is 8.00. The first-order valence-corrected chi connectivity index (χ1v) is 9.57. The lowest BCUT2D eigenvalue weighted by molar-refractivity contribution is 0.0464. The molecule has 0 radical (unpaired) electrons. The van der Waals surface area contributed by atoms with Gasteiger partial charge < -0.3 is 10.1 Å². The van der Waals surface area contributed by atoms with Crippen LogP contribution in [0.5, 0.6) is 0 Å². The Labute approximate surface area is 165 Å². The van der Waals surface area contributed by atoms with E-state index in [9.17, 15) is 4.79 Å². The van der Waals surface area contributed by atoms with Gasteiger partial charge in [0.2, 0.25) is 0 Å². The molecule has 0 saturated carbocycles. The average Bonchev–Trinajstić information content (AvgIpc) is 2.93. The molecule has 0 aliphatic rings. The third-order valence-corrected chi connectivity index (χ3v) is 5.37. The van der Waals surface area contributed by atoms with E-state index in [1.807, 2.05) is 20.8 Å². The van der Waals surface area contributed by atoms with Gasteiger partial charge in [0, 0.05) is 5.02 Å². The Morgan fingerprint density at radius 3 is 2.77 bits per heavy atom. The van der Waals surface area contributed by atoms with E-state index >= 15 is 0 Å². The second kappa shape index (κ2) is 7.78. The van der Waals surface area contributed by atoms with Gasteiger partial charge in [0.15, 0.2) is 0 Å². The molecule has 0 spiro atoms. The van der Waals surface area contributed by atoms with Crippen LogP contribution in [-0.4, -0.2) is 22.5 Å². The number of carbonyl (C=O) groups is 1. The Morgan fingerprint density at radius 2 is 2.08 bits per heavy atom. The Morgan fingerprint density at radius 1 is 1.31 bits per heavy atom. The number of ether oxygens (including phenoxy) is 1. The predicted octanol–water partition coefficient (Wildman–Crippen LogP) is 5.86. The summed E-state index contributed by atoms with van der Waals surface area (Å²) >= 11 is 13.5. The number of nitrogens with one attached hydrogen (secondary N) is 1. The zero-order valence-corrected chi connectivity index (χ0v) is 16.8. The normalized spacial score (nSPS) is 11.2. The summed E-state index contributed by atoms with van der Waals surface area (Å²) in [7, 11) is 0. The first-order chi connectivity index (χ1) is 12.4. The van der Waals surface area contributed by atoms with Crippen molar-refractivity contribution in [3.63, 3.8) is 0 Å². The van der Waals surface area contributed by atoms with Crippen LogP contribution in [0.25, 0.3) is 10.2 Å². The van der Waals surface area contributed by atoms with Gasteiger partial charge in [0.25, 0.3) is 0 Å². The van der Waals surface area contributed by atoms with Crippen molar-refractivity contribution in [3.8, 4) is 0 Å².